The predicted octanol–water partition coefficient (Wildman–Crippen LogP) is 3.56. The Labute approximate surface area is 119 Å². The molecule has 0 saturated heterocycles. The molecule has 0 bridgehead atoms. The van der Waals surface area contributed by atoms with Crippen LogP contribution in [0.3, 0.4) is 0 Å². The van der Waals surface area contributed by atoms with E-state index in [-0.39, 0.29) is 0 Å². The van der Waals surface area contributed by atoms with E-state index < -0.39 is 5.97 Å². The van der Waals surface area contributed by atoms with Crippen molar-refractivity contribution in [1.82, 2.24) is 0 Å². The van der Waals surface area contributed by atoms with Crippen LogP contribution in [0.2, 0.25) is 5.02 Å². The fourth-order valence-electron chi connectivity index (χ4n) is 1.90. The molecule has 1 aromatic carbocycles. The van der Waals surface area contributed by atoms with Gasteiger partial charge in [0.1, 0.15) is 0 Å². The normalized spacial score (nSPS) is 10.6. The standard InChI is InChI=1S/C14H21ClN2O2/c1-4-9(5-2)8-17-13-11(14(18)19-3)6-10(16)7-12(13)15/h6-7,9,17H,4-5,8,16H2,1-3H3. The van der Waals surface area contributed by atoms with Crippen LogP contribution in [0.25, 0.3) is 0 Å². The molecule has 5 heteroatoms. The molecule has 106 valence electrons. The van der Waals surface area contributed by atoms with Gasteiger partial charge in [0.25, 0.3) is 0 Å². The topological polar surface area (TPSA) is 64.3 Å². The molecule has 0 aromatic heterocycles. The lowest BCUT2D eigenvalue weighted by Gasteiger charge is -2.17. The van der Waals surface area contributed by atoms with Crippen LogP contribution in [0.5, 0.6) is 0 Å². The Kier molecular flexibility index (Phi) is 5.96. The van der Waals surface area contributed by atoms with Crippen LogP contribution >= 0.6 is 11.6 Å². The second-order valence-electron chi connectivity index (χ2n) is 4.48. The van der Waals surface area contributed by atoms with Crippen molar-refractivity contribution in [3.05, 3.63) is 22.7 Å². The lowest BCUT2D eigenvalue weighted by molar-refractivity contribution is 0.0602. The van der Waals surface area contributed by atoms with Crippen LogP contribution in [0.15, 0.2) is 12.1 Å². The smallest absolute Gasteiger partial charge is 0.340 e. The Morgan fingerprint density at radius 3 is 2.58 bits per heavy atom. The zero-order valence-corrected chi connectivity index (χ0v) is 12.4. The summed E-state index contributed by atoms with van der Waals surface area (Å²) in [6.45, 7) is 5.05. The molecule has 3 N–H and O–H groups in total. The number of carbonyl (C=O) groups is 1. The molecule has 1 rings (SSSR count). The first-order chi connectivity index (χ1) is 9.03. The highest BCUT2D eigenvalue weighted by molar-refractivity contribution is 6.34. The number of carbonyl (C=O) groups excluding carboxylic acids is 1. The van der Waals surface area contributed by atoms with Crippen molar-refractivity contribution >= 4 is 28.9 Å². The molecular weight excluding hydrogens is 264 g/mol. The van der Waals surface area contributed by atoms with E-state index in [1.54, 1.807) is 12.1 Å². The number of halogens is 1. The summed E-state index contributed by atoms with van der Waals surface area (Å²) in [6.07, 6.45) is 2.15. The van der Waals surface area contributed by atoms with Gasteiger partial charge in [-0.3, -0.25) is 0 Å². The number of nitrogens with one attached hydrogen (secondary N) is 1. The number of nitrogen functional groups attached to an aromatic ring is 1. The third kappa shape index (κ3) is 4.03. The van der Waals surface area contributed by atoms with E-state index in [0.717, 1.165) is 19.4 Å². The maximum Gasteiger partial charge on any atom is 0.340 e. The predicted molar refractivity (Wildman–Crippen MR) is 79.8 cm³/mol. The second kappa shape index (κ2) is 7.24. The highest BCUT2D eigenvalue weighted by Gasteiger charge is 2.16. The Balaban J connectivity index is 3.01. The van der Waals surface area contributed by atoms with Gasteiger partial charge in [0.05, 0.1) is 23.4 Å². The summed E-state index contributed by atoms with van der Waals surface area (Å²) in [5.74, 6) is 0.0976. The van der Waals surface area contributed by atoms with Gasteiger partial charge in [-0.05, 0) is 18.1 Å². The molecule has 19 heavy (non-hydrogen) atoms. The van der Waals surface area contributed by atoms with Crippen LogP contribution in [-0.2, 0) is 4.74 Å². The number of nitrogens with two attached hydrogens (primary N) is 1. The largest absolute Gasteiger partial charge is 0.465 e. The summed E-state index contributed by atoms with van der Waals surface area (Å²) in [4.78, 5) is 11.7. The minimum Gasteiger partial charge on any atom is -0.465 e. The average molecular weight is 285 g/mol. The number of methoxy groups -OCH3 is 1. The lowest BCUT2D eigenvalue weighted by Crippen LogP contribution is -2.16. The monoisotopic (exact) mass is 284 g/mol. The van der Waals surface area contributed by atoms with Gasteiger partial charge in [-0.15, -0.1) is 0 Å². The summed E-state index contributed by atoms with van der Waals surface area (Å²) in [6, 6.07) is 3.20. The van der Waals surface area contributed by atoms with Gasteiger partial charge in [-0.2, -0.15) is 0 Å². The summed E-state index contributed by atoms with van der Waals surface area (Å²) >= 11 is 6.16. The highest BCUT2D eigenvalue weighted by Crippen LogP contribution is 2.30. The van der Waals surface area contributed by atoms with Gasteiger partial charge >= 0.3 is 5.97 Å². The van der Waals surface area contributed by atoms with E-state index in [1.165, 1.54) is 7.11 Å². The van der Waals surface area contributed by atoms with Crippen LogP contribution in [0.1, 0.15) is 37.0 Å². The van der Waals surface area contributed by atoms with Crippen molar-refractivity contribution < 1.29 is 9.53 Å². The van der Waals surface area contributed by atoms with E-state index in [4.69, 9.17) is 22.1 Å². The van der Waals surface area contributed by atoms with Gasteiger partial charge in [0.15, 0.2) is 0 Å². The third-order valence-electron chi connectivity index (χ3n) is 3.24. The summed E-state index contributed by atoms with van der Waals surface area (Å²) < 4.78 is 4.75. The molecule has 1 aromatic rings. The van der Waals surface area contributed by atoms with E-state index in [2.05, 4.69) is 19.2 Å². The van der Waals surface area contributed by atoms with Crippen LogP contribution in [0, 0.1) is 5.92 Å². The van der Waals surface area contributed by atoms with E-state index in [1.807, 2.05) is 0 Å². The molecule has 0 spiro atoms. The van der Waals surface area contributed by atoms with Crippen molar-refractivity contribution in [1.29, 1.82) is 0 Å². The molecule has 0 aliphatic carbocycles. The van der Waals surface area contributed by atoms with Gasteiger partial charge in [-0.25, -0.2) is 4.79 Å². The number of hydrogen-bond donors (Lipinski definition) is 2. The first kappa shape index (κ1) is 15.6. The molecule has 0 radical (unpaired) electrons. The average Bonchev–Trinajstić information content (AvgIpc) is 2.40. The summed E-state index contributed by atoms with van der Waals surface area (Å²) in [7, 11) is 1.34. The molecule has 0 unspecified atom stereocenters. The second-order valence-corrected chi connectivity index (χ2v) is 4.89. The molecule has 0 aliphatic heterocycles. The molecule has 0 aliphatic rings. The first-order valence-electron chi connectivity index (χ1n) is 6.44. The van der Waals surface area contributed by atoms with Crippen LogP contribution in [0.4, 0.5) is 11.4 Å². The lowest BCUT2D eigenvalue weighted by atomic mass is 10.0. The molecule has 0 amide bonds. The van der Waals surface area contributed by atoms with Gasteiger partial charge in [0.2, 0.25) is 0 Å². The molecular formula is C14H21ClN2O2. The van der Waals surface area contributed by atoms with Crippen molar-refractivity contribution in [2.24, 2.45) is 5.92 Å². The number of ether oxygens (including phenoxy) is 1. The SMILES string of the molecule is CCC(CC)CNc1c(Cl)cc(N)cc1C(=O)OC. The van der Waals surface area contributed by atoms with Crippen molar-refractivity contribution in [3.8, 4) is 0 Å². The fourth-order valence-corrected chi connectivity index (χ4v) is 2.20. The van der Waals surface area contributed by atoms with Gasteiger partial charge < -0.3 is 15.8 Å². The van der Waals surface area contributed by atoms with Crippen molar-refractivity contribution in [2.45, 2.75) is 26.7 Å². The summed E-state index contributed by atoms with van der Waals surface area (Å²) in [5, 5.41) is 3.67. The fraction of sp³-hybridized carbons (Fsp3) is 0.500. The van der Waals surface area contributed by atoms with Gasteiger partial charge in [0, 0.05) is 12.2 Å². The molecule has 0 atom stereocenters. The van der Waals surface area contributed by atoms with Gasteiger partial charge in [-0.1, -0.05) is 38.3 Å². The molecule has 0 heterocycles. The number of benzene rings is 1. The minimum atomic E-state index is -0.443. The quantitative estimate of drug-likeness (QED) is 0.619. The zero-order valence-electron chi connectivity index (χ0n) is 11.6. The van der Waals surface area contributed by atoms with Crippen molar-refractivity contribution in [3.63, 3.8) is 0 Å². The Hall–Kier alpha value is -1.42. The van der Waals surface area contributed by atoms with Crippen LogP contribution < -0.4 is 11.1 Å². The number of esters is 1. The van der Waals surface area contributed by atoms with E-state index in [9.17, 15) is 4.79 Å². The Morgan fingerprint density at radius 1 is 1.42 bits per heavy atom. The minimum absolute atomic E-state index is 0.374. The van der Waals surface area contributed by atoms with E-state index in [0.29, 0.717) is 27.9 Å². The number of hydrogen-bond acceptors (Lipinski definition) is 4. The molecule has 0 fully saturated rings. The zero-order chi connectivity index (χ0) is 14.4. The number of anilines is 2. The number of rotatable bonds is 6. The third-order valence-corrected chi connectivity index (χ3v) is 3.54. The molecule has 4 nitrogen and oxygen atoms in total. The maximum atomic E-state index is 11.7. The first-order valence-corrected chi connectivity index (χ1v) is 6.82. The highest BCUT2D eigenvalue weighted by atomic mass is 35.5. The van der Waals surface area contributed by atoms with Crippen molar-refractivity contribution in [2.75, 3.05) is 24.7 Å². The Bertz CT molecular complexity index is 445. The molecule has 0 saturated carbocycles. The summed E-state index contributed by atoms with van der Waals surface area (Å²) in [5.41, 5.74) is 7.12. The van der Waals surface area contributed by atoms with Crippen LogP contribution in [-0.4, -0.2) is 19.6 Å². The van der Waals surface area contributed by atoms with E-state index >= 15 is 0 Å². The Morgan fingerprint density at radius 2 is 2.05 bits per heavy atom. The maximum absolute atomic E-state index is 11.7.